The van der Waals surface area contributed by atoms with Crippen molar-refractivity contribution in [1.82, 2.24) is 15.1 Å². The molecule has 1 aromatic carbocycles. The van der Waals surface area contributed by atoms with Crippen LogP contribution in [0, 0.1) is 18.2 Å². The number of carboxylic acids is 1. The maximum Gasteiger partial charge on any atom is 0.311 e. The van der Waals surface area contributed by atoms with Crippen LogP contribution in [0.15, 0.2) is 30.5 Å². The van der Waals surface area contributed by atoms with Gasteiger partial charge in [0.1, 0.15) is 11.5 Å². The molecule has 0 saturated heterocycles. The molecule has 0 atom stereocenters. The molecule has 23 heavy (non-hydrogen) atoms. The van der Waals surface area contributed by atoms with E-state index < -0.39 is 23.1 Å². The van der Waals surface area contributed by atoms with E-state index in [9.17, 15) is 14.0 Å². The van der Waals surface area contributed by atoms with Gasteiger partial charge in [-0.05, 0) is 31.9 Å². The number of carboxylic acid groups (broad SMARTS) is 1. The molecule has 0 radical (unpaired) electrons. The molecule has 0 bridgehead atoms. The highest BCUT2D eigenvalue weighted by Gasteiger charge is 2.50. The summed E-state index contributed by atoms with van der Waals surface area (Å²) in [6.45, 7) is 1.75. The molecule has 1 aromatic heterocycles. The number of hydrogen-bond acceptors (Lipinski definition) is 3. The molecule has 1 saturated carbocycles. The number of carbonyl (C=O) groups is 2. The Morgan fingerprint density at radius 3 is 2.70 bits per heavy atom. The zero-order chi connectivity index (χ0) is 16.6. The Morgan fingerprint density at radius 2 is 2.09 bits per heavy atom. The molecule has 1 heterocycles. The molecule has 6 nitrogen and oxygen atoms in total. The lowest BCUT2D eigenvalue weighted by molar-refractivity contribution is -0.143. The summed E-state index contributed by atoms with van der Waals surface area (Å²) in [6.07, 6.45) is 2.49. The van der Waals surface area contributed by atoms with Crippen molar-refractivity contribution in [3.8, 4) is 5.69 Å². The third-order valence-electron chi connectivity index (χ3n) is 4.23. The van der Waals surface area contributed by atoms with Crippen LogP contribution in [0.25, 0.3) is 5.69 Å². The zero-order valence-electron chi connectivity index (χ0n) is 12.5. The summed E-state index contributed by atoms with van der Waals surface area (Å²) >= 11 is 0. The van der Waals surface area contributed by atoms with E-state index in [1.807, 2.05) is 0 Å². The van der Waals surface area contributed by atoms with Crippen molar-refractivity contribution < 1.29 is 19.1 Å². The Kier molecular flexibility index (Phi) is 3.63. The second-order valence-corrected chi connectivity index (χ2v) is 5.78. The number of halogens is 1. The third-order valence-corrected chi connectivity index (χ3v) is 4.23. The predicted octanol–water partition coefficient (Wildman–Crippen LogP) is 1.91. The van der Waals surface area contributed by atoms with E-state index in [1.54, 1.807) is 25.1 Å². The van der Waals surface area contributed by atoms with Gasteiger partial charge < -0.3 is 10.4 Å². The summed E-state index contributed by atoms with van der Waals surface area (Å²) in [7, 11) is 0. The Labute approximate surface area is 131 Å². The standard InChI is InChI=1S/C16H16FN3O3/c1-10-11(14(21)18-9-16(6-7-16)15(22)23)8-19-20(10)13-5-3-2-4-12(13)17/h2-5,8H,6-7,9H2,1H3,(H,18,21)(H,22,23). The molecule has 3 rings (SSSR count). The van der Waals surface area contributed by atoms with Gasteiger partial charge in [-0.15, -0.1) is 0 Å². The van der Waals surface area contributed by atoms with E-state index in [1.165, 1.54) is 16.9 Å². The SMILES string of the molecule is Cc1c(C(=O)NCC2(C(=O)O)CC2)cnn1-c1ccccc1F. The number of aromatic nitrogens is 2. The minimum atomic E-state index is -0.892. The Hall–Kier alpha value is -2.70. The van der Waals surface area contributed by atoms with Crippen LogP contribution in [0.3, 0.4) is 0 Å². The fraction of sp³-hybridized carbons (Fsp3) is 0.312. The molecule has 0 aliphatic heterocycles. The molecule has 1 amide bonds. The summed E-state index contributed by atoms with van der Waals surface area (Å²) in [4.78, 5) is 23.4. The van der Waals surface area contributed by atoms with E-state index >= 15 is 0 Å². The van der Waals surface area contributed by atoms with Crippen molar-refractivity contribution in [2.45, 2.75) is 19.8 Å². The highest BCUT2D eigenvalue weighted by atomic mass is 19.1. The molecule has 0 unspecified atom stereocenters. The van der Waals surface area contributed by atoms with E-state index in [-0.39, 0.29) is 12.2 Å². The Balaban J connectivity index is 1.78. The van der Waals surface area contributed by atoms with Crippen molar-refractivity contribution in [1.29, 1.82) is 0 Å². The molecule has 2 N–H and O–H groups in total. The second kappa shape index (κ2) is 5.49. The first-order valence-corrected chi connectivity index (χ1v) is 7.26. The normalized spacial score (nSPS) is 15.2. The molecular formula is C16H16FN3O3. The average molecular weight is 317 g/mol. The monoisotopic (exact) mass is 317 g/mol. The summed E-state index contributed by atoms with van der Waals surface area (Å²) in [5.41, 5.74) is 0.223. The number of aliphatic carboxylic acids is 1. The molecule has 7 heteroatoms. The Morgan fingerprint density at radius 1 is 1.39 bits per heavy atom. The highest BCUT2D eigenvalue weighted by molar-refractivity contribution is 5.95. The smallest absolute Gasteiger partial charge is 0.311 e. The second-order valence-electron chi connectivity index (χ2n) is 5.78. The van der Waals surface area contributed by atoms with Crippen molar-refractivity contribution in [2.75, 3.05) is 6.54 Å². The van der Waals surface area contributed by atoms with Gasteiger partial charge in [-0.1, -0.05) is 12.1 Å². The minimum Gasteiger partial charge on any atom is -0.481 e. The number of nitrogens with one attached hydrogen (secondary N) is 1. The van der Waals surface area contributed by atoms with Gasteiger partial charge in [0.05, 0.1) is 22.9 Å². The van der Waals surface area contributed by atoms with Gasteiger partial charge in [0.2, 0.25) is 0 Å². The quantitative estimate of drug-likeness (QED) is 0.882. The predicted molar refractivity (Wildman–Crippen MR) is 79.9 cm³/mol. The maximum absolute atomic E-state index is 13.8. The van der Waals surface area contributed by atoms with E-state index in [4.69, 9.17) is 5.11 Å². The average Bonchev–Trinajstić information content (AvgIpc) is 3.23. The van der Waals surface area contributed by atoms with Crippen LogP contribution in [-0.2, 0) is 4.79 Å². The molecule has 1 fully saturated rings. The number of amides is 1. The lowest BCUT2D eigenvalue weighted by Crippen LogP contribution is -2.34. The lowest BCUT2D eigenvalue weighted by Gasteiger charge is -2.11. The summed E-state index contributed by atoms with van der Waals surface area (Å²) < 4.78 is 15.2. The summed E-state index contributed by atoms with van der Waals surface area (Å²) in [6, 6.07) is 6.15. The molecule has 120 valence electrons. The third kappa shape index (κ3) is 2.69. The highest BCUT2D eigenvalue weighted by Crippen LogP contribution is 2.45. The topological polar surface area (TPSA) is 84.2 Å². The van der Waals surface area contributed by atoms with Gasteiger partial charge in [-0.25, -0.2) is 9.07 Å². The number of hydrogen-bond donors (Lipinski definition) is 2. The van der Waals surface area contributed by atoms with Gasteiger partial charge in [0.15, 0.2) is 0 Å². The van der Waals surface area contributed by atoms with Crippen molar-refractivity contribution in [3.05, 3.63) is 47.5 Å². The van der Waals surface area contributed by atoms with E-state index in [2.05, 4.69) is 10.4 Å². The zero-order valence-corrected chi connectivity index (χ0v) is 12.5. The Bertz CT molecular complexity index is 781. The summed E-state index contributed by atoms with van der Waals surface area (Å²) in [5.74, 6) is -1.73. The van der Waals surface area contributed by atoms with Gasteiger partial charge in [0.25, 0.3) is 5.91 Å². The largest absolute Gasteiger partial charge is 0.481 e. The first kappa shape index (κ1) is 15.2. The number of para-hydroxylation sites is 1. The van der Waals surface area contributed by atoms with Gasteiger partial charge in [0, 0.05) is 6.54 Å². The van der Waals surface area contributed by atoms with Crippen molar-refractivity contribution in [3.63, 3.8) is 0 Å². The van der Waals surface area contributed by atoms with E-state index in [0.717, 1.165) is 0 Å². The van der Waals surface area contributed by atoms with E-state index in [0.29, 0.717) is 24.1 Å². The molecule has 0 spiro atoms. The first-order valence-electron chi connectivity index (χ1n) is 7.26. The number of nitrogens with zero attached hydrogens (tertiary/aromatic N) is 2. The van der Waals surface area contributed by atoms with Crippen molar-refractivity contribution >= 4 is 11.9 Å². The molecule has 1 aliphatic carbocycles. The first-order chi connectivity index (χ1) is 10.9. The van der Waals surface area contributed by atoms with Crippen LogP contribution >= 0.6 is 0 Å². The van der Waals surface area contributed by atoms with Gasteiger partial charge >= 0.3 is 5.97 Å². The fourth-order valence-corrected chi connectivity index (χ4v) is 2.46. The van der Waals surface area contributed by atoms with Crippen molar-refractivity contribution in [2.24, 2.45) is 5.41 Å². The van der Waals surface area contributed by atoms with Gasteiger partial charge in [-0.2, -0.15) is 5.10 Å². The fourth-order valence-electron chi connectivity index (χ4n) is 2.46. The molecule has 1 aliphatic rings. The number of rotatable bonds is 5. The maximum atomic E-state index is 13.8. The van der Waals surface area contributed by atoms with Crippen LogP contribution in [-0.4, -0.2) is 33.3 Å². The van der Waals surface area contributed by atoms with Crippen LogP contribution in [0.1, 0.15) is 28.9 Å². The summed E-state index contributed by atoms with van der Waals surface area (Å²) in [5, 5.41) is 15.8. The van der Waals surface area contributed by atoms with Crippen LogP contribution in [0.2, 0.25) is 0 Å². The van der Waals surface area contributed by atoms with Crippen LogP contribution < -0.4 is 5.32 Å². The molecular weight excluding hydrogens is 301 g/mol. The number of carbonyl (C=O) groups excluding carboxylic acids is 1. The molecule has 2 aromatic rings. The number of benzene rings is 1. The minimum absolute atomic E-state index is 0.0888. The van der Waals surface area contributed by atoms with Crippen LogP contribution in [0.4, 0.5) is 4.39 Å². The lowest BCUT2D eigenvalue weighted by atomic mass is 10.1. The van der Waals surface area contributed by atoms with Crippen LogP contribution in [0.5, 0.6) is 0 Å². The van der Waals surface area contributed by atoms with Gasteiger partial charge in [-0.3, -0.25) is 9.59 Å².